The van der Waals surface area contributed by atoms with E-state index in [1.807, 2.05) is 103 Å². The van der Waals surface area contributed by atoms with Gasteiger partial charge in [0.25, 0.3) is 11.8 Å². The van der Waals surface area contributed by atoms with E-state index in [0.29, 0.717) is 22.5 Å². The molecule has 5 aromatic carbocycles. The Morgan fingerprint density at radius 2 is 1.28 bits per heavy atom. The SMILES string of the molecule is CN1CCN(c2ccc(N/C(=C3\C(=O)Nc4cc(NC(=O)c5ccc(-c6ccccc6)cc5)ccc43)c3ccccc3)cc2)CC1. The number of nitrogens with one attached hydrogen (secondary N) is 3. The number of fused-ring (bicyclic) bond motifs is 1. The lowest BCUT2D eigenvalue weighted by Gasteiger charge is -2.34. The molecule has 5 aromatic rings. The Morgan fingerprint density at radius 1 is 0.652 bits per heavy atom. The van der Waals surface area contributed by atoms with Crippen molar-refractivity contribution in [2.75, 3.05) is 54.1 Å². The molecule has 0 spiro atoms. The van der Waals surface area contributed by atoms with Crippen LogP contribution in [0.4, 0.5) is 22.7 Å². The van der Waals surface area contributed by atoms with Crippen molar-refractivity contribution in [2.24, 2.45) is 0 Å². The van der Waals surface area contributed by atoms with Crippen LogP contribution in [0, 0.1) is 0 Å². The highest BCUT2D eigenvalue weighted by molar-refractivity contribution is 6.37. The largest absolute Gasteiger partial charge is 0.369 e. The number of carbonyl (C=O) groups excluding carboxylic acids is 2. The molecule has 2 aliphatic heterocycles. The minimum Gasteiger partial charge on any atom is -0.369 e. The van der Waals surface area contributed by atoms with Gasteiger partial charge in [-0.1, -0.05) is 72.8 Å². The molecule has 0 atom stereocenters. The molecule has 2 aliphatic rings. The van der Waals surface area contributed by atoms with E-state index >= 15 is 0 Å². The van der Waals surface area contributed by atoms with Crippen molar-refractivity contribution in [2.45, 2.75) is 0 Å². The molecule has 0 radical (unpaired) electrons. The van der Waals surface area contributed by atoms with E-state index in [9.17, 15) is 9.59 Å². The summed E-state index contributed by atoms with van der Waals surface area (Å²) in [5.41, 5.74) is 8.99. The van der Waals surface area contributed by atoms with Gasteiger partial charge in [-0.2, -0.15) is 0 Å². The van der Waals surface area contributed by atoms with Gasteiger partial charge >= 0.3 is 0 Å². The molecule has 7 nitrogen and oxygen atoms in total. The summed E-state index contributed by atoms with van der Waals surface area (Å²) < 4.78 is 0. The molecular weight excluding hydrogens is 570 g/mol. The average Bonchev–Trinajstić information content (AvgIpc) is 3.43. The van der Waals surface area contributed by atoms with Crippen molar-refractivity contribution in [3.8, 4) is 11.1 Å². The molecule has 228 valence electrons. The number of piperazine rings is 1. The molecule has 0 saturated carbocycles. The Kier molecular flexibility index (Phi) is 8.06. The van der Waals surface area contributed by atoms with Crippen molar-refractivity contribution in [1.29, 1.82) is 0 Å². The predicted molar refractivity (Wildman–Crippen MR) is 188 cm³/mol. The summed E-state index contributed by atoms with van der Waals surface area (Å²) in [6.07, 6.45) is 0. The first-order valence-electron chi connectivity index (χ1n) is 15.5. The summed E-state index contributed by atoms with van der Waals surface area (Å²) in [5.74, 6) is -0.415. The second kappa shape index (κ2) is 12.8. The molecule has 46 heavy (non-hydrogen) atoms. The lowest BCUT2D eigenvalue weighted by Crippen LogP contribution is -2.44. The summed E-state index contributed by atoms with van der Waals surface area (Å²) in [5, 5.41) is 9.56. The van der Waals surface area contributed by atoms with Crippen LogP contribution in [0.5, 0.6) is 0 Å². The summed E-state index contributed by atoms with van der Waals surface area (Å²) in [7, 11) is 2.16. The summed E-state index contributed by atoms with van der Waals surface area (Å²) in [6, 6.07) is 41.4. The maximum Gasteiger partial charge on any atom is 0.258 e. The number of carbonyl (C=O) groups is 2. The minimum atomic E-state index is -0.216. The van der Waals surface area contributed by atoms with Crippen molar-refractivity contribution in [1.82, 2.24) is 4.90 Å². The molecule has 7 heteroatoms. The van der Waals surface area contributed by atoms with Gasteiger partial charge < -0.3 is 25.8 Å². The topological polar surface area (TPSA) is 76.7 Å². The fourth-order valence-electron chi connectivity index (χ4n) is 6.00. The number of likely N-dealkylation sites (N-methyl/N-ethyl adjacent to an activating group) is 1. The zero-order valence-corrected chi connectivity index (χ0v) is 25.7. The first-order valence-corrected chi connectivity index (χ1v) is 15.5. The molecule has 0 aromatic heterocycles. The Balaban J connectivity index is 1.13. The van der Waals surface area contributed by atoms with Crippen LogP contribution in [0.25, 0.3) is 22.4 Å². The second-order valence-electron chi connectivity index (χ2n) is 11.7. The monoisotopic (exact) mass is 605 g/mol. The highest BCUT2D eigenvalue weighted by Crippen LogP contribution is 2.39. The highest BCUT2D eigenvalue weighted by atomic mass is 16.2. The Bertz CT molecular complexity index is 1890. The van der Waals surface area contributed by atoms with Gasteiger partial charge in [-0.25, -0.2) is 0 Å². The van der Waals surface area contributed by atoms with Gasteiger partial charge in [0, 0.05) is 54.4 Å². The molecule has 2 amide bonds. The number of hydrogen-bond donors (Lipinski definition) is 3. The minimum absolute atomic E-state index is 0.199. The van der Waals surface area contributed by atoms with Gasteiger partial charge in [-0.3, -0.25) is 9.59 Å². The number of amides is 2. The molecule has 7 rings (SSSR count). The van der Waals surface area contributed by atoms with Crippen LogP contribution in [0.3, 0.4) is 0 Å². The van der Waals surface area contributed by atoms with E-state index in [2.05, 4.69) is 57.1 Å². The lowest BCUT2D eigenvalue weighted by molar-refractivity contribution is -0.110. The zero-order chi connectivity index (χ0) is 31.5. The molecule has 2 heterocycles. The smallest absolute Gasteiger partial charge is 0.258 e. The molecule has 3 N–H and O–H groups in total. The van der Waals surface area contributed by atoms with Crippen LogP contribution in [-0.2, 0) is 4.79 Å². The summed E-state index contributed by atoms with van der Waals surface area (Å²) in [6.45, 7) is 4.10. The Labute approximate surface area is 269 Å². The van der Waals surface area contributed by atoms with Gasteiger partial charge in [0.05, 0.1) is 17.0 Å². The van der Waals surface area contributed by atoms with E-state index < -0.39 is 0 Å². The van der Waals surface area contributed by atoms with Crippen molar-refractivity contribution in [3.05, 3.63) is 144 Å². The van der Waals surface area contributed by atoms with Gasteiger partial charge in [0.1, 0.15) is 0 Å². The third-order valence-corrected chi connectivity index (χ3v) is 8.59. The van der Waals surface area contributed by atoms with E-state index in [-0.39, 0.29) is 11.8 Å². The lowest BCUT2D eigenvalue weighted by atomic mass is 9.99. The predicted octanol–water partition coefficient (Wildman–Crippen LogP) is 7.29. The standard InChI is InChI=1S/C39H35N5O2/c1-43-22-24-44(25-23-43)33-19-16-31(17-20-33)40-37(29-10-6-3-7-11-29)36-34-21-18-32(26-35(34)42-39(36)46)41-38(45)30-14-12-28(13-15-30)27-8-4-2-5-9-27/h2-21,26,40H,22-25H2,1H3,(H,41,45)(H,42,46)/b37-36-. The average molecular weight is 606 g/mol. The molecule has 0 bridgehead atoms. The molecule has 0 aliphatic carbocycles. The van der Waals surface area contributed by atoms with Gasteiger partial charge in [-0.15, -0.1) is 0 Å². The number of anilines is 4. The molecular formula is C39H35N5O2. The third-order valence-electron chi connectivity index (χ3n) is 8.59. The maximum atomic E-state index is 13.5. The second-order valence-corrected chi connectivity index (χ2v) is 11.7. The Morgan fingerprint density at radius 3 is 1.98 bits per heavy atom. The van der Waals surface area contributed by atoms with E-state index in [4.69, 9.17) is 0 Å². The summed E-state index contributed by atoms with van der Waals surface area (Å²) in [4.78, 5) is 31.4. The highest BCUT2D eigenvalue weighted by Gasteiger charge is 2.29. The summed E-state index contributed by atoms with van der Waals surface area (Å²) >= 11 is 0. The van der Waals surface area contributed by atoms with Gasteiger partial charge in [0.15, 0.2) is 0 Å². The Hall–Kier alpha value is -5.66. The van der Waals surface area contributed by atoms with Crippen molar-refractivity contribution >= 4 is 45.8 Å². The first-order chi connectivity index (χ1) is 22.5. The quantitative estimate of drug-likeness (QED) is 0.170. The maximum absolute atomic E-state index is 13.5. The van der Waals surface area contributed by atoms with Gasteiger partial charge in [-0.05, 0) is 78.3 Å². The number of hydrogen-bond acceptors (Lipinski definition) is 5. The van der Waals surface area contributed by atoms with Crippen LogP contribution < -0.4 is 20.9 Å². The fourth-order valence-corrected chi connectivity index (χ4v) is 6.00. The van der Waals surface area contributed by atoms with Crippen LogP contribution in [0.1, 0.15) is 21.5 Å². The van der Waals surface area contributed by atoms with Gasteiger partial charge in [0.2, 0.25) is 0 Å². The third kappa shape index (κ3) is 6.14. The normalized spacial score (nSPS) is 15.6. The number of benzene rings is 5. The van der Waals surface area contributed by atoms with Crippen LogP contribution in [0.2, 0.25) is 0 Å². The van der Waals surface area contributed by atoms with Crippen LogP contribution in [0.15, 0.2) is 127 Å². The fraction of sp³-hybridized carbons (Fsp3) is 0.128. The molecule has 1 saturated heterocycles. The van der Waals surface area contributed by atoms with E-state index in [1.165, 1.54) is 5.69 Å². The first kappa shape index (κ1) is 29.1. The van der Waals surface area contributed by atoms with Crippen molar-refractivity contribution < 1.29 is 9.59 Å². The van der Waals surface area contributed by atoms with E-state index in [1.54, 1.807) is 0 Å². The number of nitrogens with zero attached hydrogens (tertiary/aromatic N) is 2. The van der Waals surface area contributed by atoms with Crippen LogP contribution >= 0.6 is 0 Å². The molecule has 0 unspecified atom stereocenters. The number of rotatable bonds is 7. The van der Waals surface area contributed by atoms with E-state index in [0.717, 1.165) is 59.8 Å². The van der Waals surface area contributed by atoms with Crippen molar-refractivity contribution in [3.63, 3.8) is 0 Å². The van der Waals surface area contributed by atoms with Crippen LogP contribution in [-0.4, -0.2) is 49.9 Å². The molecule has 1 fully saturated rings. The zero-order valence-electron chi connectivity index (χ0n) is 25.7.